The van der Waals surface area contributed by atoms with Crippen molar-refractivity contribution in [2.75, 3.05) is 12.4 Å². The highest BCUT2D eigenvalue weighted by molar-refractivity contribution is 8.00. The Morgan fingerprint density at radius 1 is 1.67 bits per heavy atom. The van der Waals surface area contributed by atoms with Crippen LogP contribution in [0.3, 0.4) is 0 Å². The molecular formula is C10H13NO3S. The summed E-state index contributed by atoms with van der Waals surface area (Å²) in [7, 11) is 0. The number of aliphatic hydroxyl groups excluding tert-OH is 1. The zero-order chi connectivity index (χ0) is 11.3. The molecule has 0 aromatic carbocycles. The molecule has 5 heteroatoms. The summed E-state index contributed by atoms with van der Waals surface area (Å²) in [6, 6.07) is 3.43. The van der Waals surface area contributed by atoms with Gasteiger partial charge in [0.1, 0.15) is 4.75 Å². The van der Waals surface area contributed by atoms with Gasteiger partial charge < -0.3 is 10.2 Å². The summed E-state index contributed by atoms with van der Waals surface area (Å²) in [6.45, 7) is 1.58. The van der Waals surface area contributed by atoms with Crippen LogP contribution in [0.15, 0.2) is 24.5 Å². The van der Waals surface area contributed by atoms with E-state index in [1.807, 2.05) is 0 Å². The van der Waals surface area contributed by atoms with E-state index in [1.165, 1.54) is 11.8 Å². The second-order valence-corrected chi connectivity index (χ2v) is 4.67. The summed E-state index contributed by atoms with van der Waals surface area (Å²) in [4.78, 5) is 15.1. The van der Waals surface area contributed by atoms with Gasteiger partial charge in [-0.05, 0) is 18.6 Å². The normalized spacial score (nSPS) is 14.5. The SMILES string of the molecule is CC(SCCO)(C(=O)O)c1cccnc1. The fourth-order valence-electron chi connectivity index (χ4n) is 1.16. The molecule has 82 valence electrons. The minimum absolute atomic E-state index is 0.0339. The number of aliphatic hydroxyl groups is 1. The molecule has 0 amide bonds. The summed E-state index contributed by atoms with van der Waals surface area (Å²) >= 11 is 1.20. The fourth-order valence-corrected chi connectivity index (χ4v) is 2.07. The number of rotatable bonds is 5. The van der Waals surface area contributed by atoms with Gasteiger partial charge in [0.25, 0.3) is 0 Å². The Kier molecular flexibility index (Phi) is 4.11. The predicted molar refractivity (Wildman–Crippen MR) is 58.8 cm³/mol. The lowest BCUT2D eigenvalue weighted by molar-refractivity contribution is -0.139. The molecule has 0 fully saturated rings. The molecule has 1 unspecified atom stereocenters. The highest BCUT2D eigenvalue weighted by Crippen LogP contribution is 2.35. The summed E-state index contributed by atoms with van der Waals surface area (Å²) in [6.07, 6.45) is 3.14. The fraction of sp³-hybridized carbons (Fsp3) is 0.400. The Hall–Kier alpha value is -1.07. The minimum Gasteiger partial charge on any atom is -0.480 e. The van der Waals surface area contributed by atoms with E-state index < -0.39 is 10.7 Å². The van der Waals surface area contributed by atoms with Crippen LogP contribution in [-0.2, 0) is 9.54 Å². The van der Waals surface area contributed by atoms with Crippen LogP contribution in [0.2, 0.25) is 0 Å². The third kappa shape index (κ3) is 2.70. The van der Waals surface area contributed by atoms with E-state index in [1.54, 1.807) is 31.5 Å². The predicted octanol–water partition coefficient (Wildman–Crippen LogP) is 1.11. The number of carbonyl (C=O) groups is 1. The number of thioether (sulfide) groups is 1. The second-order valence-electron chi connectivity index (χ2n) is 3.15. The Morgan fingerprint density at radius 2 is 2.40 bits per heavy atom. The monoisotopic (exact) mass is 227 g/mol. The van der Waals surface area contributed by atoms with E-state index in [4.69, 9.17) is 5.11 Å². The largest absolute Gasteiger partial charge is 0.480 e. The van der Waals surface area contributed by atoms with Gasteiger partial charge in [0.2, 0.25) is 0 Å². The molecule has 15 heavy (non-hydrogen) atoms. The summed E-state index contributed by atoms with van der Waals surface area (Å²) in [5.41, 5.74) is 0.635. The average molecular weight is 227 g/mol. The quantitative estimate of drug-likeness (QED) is 0.788. The average Bonchev–Trinajstić information content (AvgIpc) is 2.27. The van der Waals surface area contributed by atoms with E-state index >= 15 is 0 Å². The van der Waals surface area contributed by atoms with E-state index in [-0.39, 0.29) is 6.61 Å². The second kappa shape index (κ2) is 5.14. The topological polar surface area (TPSA) is 70.4 Å². The smallest absolute Gasteiger partial charge is 0.324 e. The van der Waals surface area contributed by atoms with Crippen molar-refractivity contribution in [2.24, 2.45) is 0 Å². The lowest BCUT2D eigenvalue weighted by Crippen LogP contribution is -2.29. The Bertz CT molecular complexity index is 331. The number of carboxylic acid groups (broad SMARTS) is 1. The molecule has 1 atom stereocenters. The van der Waals surface area contributed by atoms with Crippen molar-refractivity contribution in [3.8, 4) is 0 Å². The van der Waals surface area contributed by atoms with Gasteiger partial charge in [-0.25, -0.2) is 0 Å². The van der Waals surface area contributed by atoms with Crippen molar-refractivity contribution in [2.45, 2.75) is 11.7 Å². The van der Waals surface area contributed by atoms with Crippen molar-refractivity contribution < 1.29 is 15.0 Å². The minimum atomic E-state index is -1.04. The molecule has 2 N–H and O–H groups in total. The number of pyridine rings is 1. The molecule has 0 spiro atoms. The van der Waals surface area contributed by atoms with Crippen molar-refractivity contribution in [3.63, 3.8) is 0 Å². The number of hydrogen-bond donors (Lipinski definition) is 2. The molecule has 0 saturated heterocycles. The van der Waals surface area contributed by atoms with Gasteiger partial charge in [0, 0.05) is 18.1 Å². The van der Waals surface area contributed by atoms with Crippen molar-refractivity contribution in [1.29, 1.82) is 0 Å². The lowest BCUT2D eigenvalue weighted by Gasteiger charge is -2.23. The van der Waals surface area contributed by atoms with E-state index in [0.717, 1.165) is 0 Å². The number of carboxylic acids is 1. The first-order valence-corrected chi connectivity index (χ1v) is 5.48. The van der Waals surface area contributed by atoms with Gasteiger partial charge in [-0.2, -0.15) is 0 Å². The highest BCUT2D eigenvalue weighted by Gasteiger charge is 2.35. The zero-order valence-corrected chi connectivity index (χ0v) is 9.20. The highest BCUT2D eigenvalue weighted by atomic mass is 32.2. The van der Waals surface area contributed by atoms with Crippen molar-refractivity contribution in [3.05, 3.63) is 30.1 Å². The zero-order valence-electron chi connectivity index (χ0n) is 8.38. The molecule has 1 rings (SSSR count). The van der Waals surface area contributed by atoms with Crippen LogP contribution < -0.4 is 0 Å². The number of hydrogen-bond acceptors (Lipinski definition) is 4. The standard InChI is InChI=1S/C10H13NO3S/c1-10(9(13)14,15-6-5-12)8-3-2-4-11-7-8/h2-4,7,12H,5-6H2,1H3,(H,13,14). The number of aliphatic carboxylic acids is 1. The Balaban J connectivity index is 2.96. The van der Waals surface area contributed by atoms with Crippen molar-refractivity contribution >= 4 is 17.7 Å². The molecular weight excluding hydrogens is 214 g/mol. The number of nitrogens with zero attached hydrogens (tertiary/aromatic N) is 1. The first-order chi connectivity index (χ1) is 7.11. The summed E-state index contributed by atoms with van der Waals surface area (Å²) in [5, 5.41) is 17.9. The van der Waals surface area contributed by atoms with Crippen LogP contribution in [0.5, 0.6) is 0 Å². The van der Waals surface area contributed by atoms with Crippen molar-refractivity contribution in [1.82, 2.24) is 4.98 Å². The maximum Gasteiger partial charge on any atom is 0.324 e. The molecule has 0 bridgehead atoms. The molecule has 0 aliphatic heterocycles. The summed E-state index contributed by atoms with van der Waals surface area (Å²) < 4.78 is -1.04. The number of aromatic nitrogens is 1. The maximum atomic E-state index is 11.2. The molecule has 1 aromatic heterocycles. The summed E-state index contributed by atoms with van der Waals surface area (Å²) in [5.74, 6) is -0.536. The molecule has 0 aliphatic carbocycles. The third-order valence-corrected chi connectivity index (χ3v) is 3.48. The molecule has 1 aromatic rings. The first kappa shape index (κ1) is 12.0. The molecule has 0 radical (unpaired) electrons. The van der Waals surface area contributed by atoms with E-state index in [0.29, 0.717) is 11.3 Å². The Morgan fingerprint density at radius 3 is 2.87 bits per heavy atom. The van der Waals surface area contributed by atoms with Crippen LogP contribution in [0.25, 0.3) is 0 Å². The molecule has 1 heterocycles. The van der Waals surface area contributed by atoms with Crippen LogP contribution in [0.1, 0.15) is 12.5 Å². The maximum absolute atomic E-state index is 11.2. The lowest BCUT2D eigenvalue weighted by atomic mass is 10.0. The van der Waals surface area contributed by atoms with Gasteiger partial charge in [-0.3, -0.25) is 9.78 Å². The van der Waals surface area contributed by atoms with Crippen LogP contribution in [0.4, 0.5) is 0 Å². The van der Waals surface area contributed by atoms with Gasteiger partial charge in [-0.15, -0.1) is 11.8 Å². The van der Waals surface area contributed by atoms with E-state index in [9.17, 15) is 9.90 Å². The molecule has 0 saturated carbocycles. The third-order valence-electron chi connectivity index (χ3n) is 2.10. The molecule has 0 aliphatic rings. The van der Waals surface area contributed by atoms with Gasteiger partial charge >= 0.3 is 5.97 Å². The first-order valence-electron chi connectivity index (χ1n) is 4.50. The van der Waals surface area contributed by atoms with Gasteiger partial charge in [-0.1, -0.05) is 6.07 Å². The van der Waals surface area contributed by atoms with Crippen LogP contribution in [-0.4, -0.2) is 33.5 Å². The van der Waals surface area contributed by atoms with Crippen LogP contribution >= 0.6 is 11.8 Å². The van der Waals surface area contributed by atoms with E-state index in [2.05, 4.69) is 4.98 Å². The Labute approximate surface area is 92.3 Å². The van der Waals surface area contributed by atoms with Crippen LogP contribution in [0, 0.1) is 0 Å². The van der Waals surface area contributed by atoms with Gasteiger partial charge in [0.05, 0.1) is 6.61 Å². The van der Waals surface area contributed by atoms with Gasteiger partial charge in [0.15, 0.2) is 0 Å². The molecule has 4 nitrogen and oxygen atoms in total.